The number of fused-ring (bicyclic) bond motifs is 1. The van der Waals surface area contributed by atoms with Gasteiger partial charge < -0.3 is 0 Å². The Hall–Kier alpha value is -1.30. The zero-order chi connectivity index (χ0) is 8.55. The first-order valence-corrected chi connectivity index (χ1v) is 4.26. The average molecular weight is 161 g/mol. The number of hydrogen-bond donors (Lipinski definition) is 1. The number of nitriles is 1. The summed E-state index contributed by atoms with van der Waals surface area (Å²) in [5.74, 6) is 0.0266. The molecule has 0 saturated carbocycles. The maximum atomic E-state index is 8.84. The summed E-state index contributed by atoms with van der Waals surface area (Å²) in [6, 6.07) is 2.29. The second-order valence-electron chi connectivity index (χ2n) is 3.29. The molecule has 0 aliphatic heterocycles. The second-order valence-corrected chi connectivity index (χ2v) is 3.29. The van der Waals surface area contributed by atoms with Crippen molar-refractivity contribution in [2.75, 3.05) is 0 Å². The van der Waals surface area contributed by atoms with Gasteiger partial charge in [0.2, 0.25) is 0 Å². The Balaban J connectivity index is 2.47. The lowest BCUT2D eigenvalue weighted by Crippen LogP contribution is -2.07. The van der Waals surface area contributed by atoms with Gasteiger partial charge in [0.15, 0.2) is 0 Å². The Bertz CT molecular complexity index is 332. The van der Waals surface area contributed by atoms with Gasteiger partial charge in [-0.15, -0.1) is 0 Å². The number of nitrogens with one attached hydrogen (secondary N) is 1. The van der Waals surface area contributed by atoms with Crippen molar-refractivity contribution in [3.63, 3.8) is 0 Å². The largest absolute Gasteiger partial charge is 0.282 e. The van der Waals surface area contributed by atoms with Crippen LogP contribution in [0.2, 0.25) is 0 Å². The molecule has 0 bridgehead atoms. The lowest BCUT2D eigenvalue weighted by atomic mass is 9.88. The molecule has 3 nitrogen and oxygen atoms in total. The number of H-pyrrole nitrogens is 1. The standard InChI is InChI=1S/C9H11N3/c1-6-8-4-2-3-7(5-10)9(8)12-11-6/h7H,2-4H2,1H3,(H,11,12). The molecule has 1 aliphatic rings. The first-order valence-electron chi connectivity index (χ1n) is 4.26. The molecular weight excluding hydrogens is 150 g/mol. The van der Waals surface area contributed by atoms with Crippen LogP contribution in [0.5, 0.6) is 0 Å². The Morgan fingerprint density at radius 3 is 3.25 bits per heavy atom. The third-order valence-electron chi connectivity index (χ3n) is 2.51. The highest BCUT2D eigenvalue weighted by Crippen LogP contribution is 2.30. The number of aromatic nitrogens is 2. The fourth-order valence-corrected chi connectivity index (χ4v) is 1.82. The maximum absolute atomic E-state index is 8.84. The summed E-state index contributed by atoms with van der Waals surface area (Å²) in [6.45, 7) is 2.02. The van der Waals surface area contributed by atoms with Gasteiger partial charge in [-0.1, -0.05) is 0 Å². The fraction of sp³-hybridized carbons (Fsp3) is 0.556. The molecule has 12 heavy (non-hydrogen) atoms. The summed E-state index contributed by atoms with van der Waals surface area (Å²) >= 11 is 0. The van der Waals surface area contributed by atoms with Gasteiger partial charge in [0.1, 0.15) is 0 Å². The van der Waals surface area contributed by atoms with E-state index in [0.717, 1.165) is 30.7 Å². The molecule has 1 atom stereocenters. The molecule has 0 amide bonds. The molecule has 1 aromatic rings. The van der Waals surface area contributed by atoms with Crippen molar-refractivity contribution >= 4 is 0 Å². The first kappa shape index (κ1) is 7.35. The number of aryl methyl sites for hydroxylation is 1. The van der Waals surface area contributed by atoms with Gasteiger partial charge in [0, 0.05) is 5.69 Å². The monoisotopic (exact) mass is 161 g/mol. The van der Waals surface area contributed by atoms with Crippen LogP contribution in [0.4, 0.5) is 0 Å². The Labute approximate surface area is 71.4 Å². The zero-order valence-corrected chi connectivity index (χ0v) is 7.09. The number of nitrogens with zero attached hydrogens (tertiary/aromatic N) is 2. The second kappa shape index (κ2) is 2.63. The molecule has 0 radical (unpaired) electrons. The molecule has 0 aromatic carbocycles. The van der Waals surface area contributed by atoms with E-state index >= 15 is 0 Å². The Morgan fingerprint density at radius 1 is 1.67 bits per heavy atom. The molecular formula is C9H11N3. The van der Waals surface area contributed by atoms with Gasteiger partial charge in [0.25, 0.3) is 0 Å². The van der Waals surface area contributed by atoms with E-state index in [1.54, 1.807) is 0 Å². The minimum absolute atomic E-state index is 0.0266. The molecule has 3 heteroatoms. The zero-order valence-electron chi connectivity index (χ0n) is 7.09. The minimum atomic E-state index is 0.0266. The molecule has 1 unspecified atom stereocenters. The Kier molecular flexibility index (Phi) is 1.61. The fourth-order valence-electron chi connectivity index (χ4n) is 1.82. The third-order valence-corrected chi connectivity index (χ3v) is 2.51. The minimum Gasteiger partial charge on any atom is -0.282 e. The molecule has 0 fully saturated rings. The van der Waals surface area contributed by atoms with E-state index in [1.165, 1.54) is 5.56 Å². The van der Waals surface area contributed by atoms with Crippen LogP contribution >= 0.6 is 0 Å². The van der Waals surface area contributed by atoms with Crippen LogP contribution in [0.1, 0.15) is 35.7 Å². The van der Waals surface area contributed by atoms with Crippen molar-refractivity contribution < 1.29 is 0 Å². The van der Waals surface area contributed by atoms with Crippen molar-refractivity contribution in [3.05, 3.63) is 17.0 Å². The summed E-state index contributed by atoms with van der Waals surface area (Å²) in [4.78, 5) is 0. The van der Waals surface area contributed by atoms with Crippen molar-refractivity contribution in [3.8, 4) is 6.07 Å². The van der Waals surface area contributed by atoms with Crippen LogP contribution in [0.15, 0.2) is 0 Å². The number of hydrogen-bond acceptors (Lipinski definition) is 2. The molecule has 1 heterocycles. The van der Waals surface area contributed by atoms with E-state index in [0.29, 0.717) is 0 Å². The highest BCUT2D eigenvalue weighted by atomic mass is 15.1. The van der Waals surface area contributed by atoms with Crippen molar-refractivity contribution in [2.45, 2.75) is 32.1 Å². The Morgan fingerprint density at radius 2 is 2.50 bits per heavy atom. The summed E-state index contributed by atoms with van der Waals surface area (Å²) in [5, 5.41) is 15.9. The van der Waals surface area contributed by atoms with E-state index in [9.17, 15) is 0 Å². The van der Waals surface area contributed by atoms with Crippen LogP contribution in [0.25, 0.3) is 0 Å². The van der Waals surface area contributed by atoms with Gasteiger partial charge in [0.05, 0.1) is 17.7 Å². The summed E-state index contributed by atoms with van der Waals surface area (Å²) < 4.78 is 0. The molecule has 0 spiro atoms. The van der Waals surface area contributed by atoms with Crippen LogP contribution < -0.4 is 0 Å². The topological polar surface area (TPSA) is 52.5 Å². The van der Waals surface area contributed by atoms with Gasteiger partial charge in [-0.25, -0.2) is 0 Å². The SMILES string of the molecule is Cc1[nH]nc2c1CCCC2C#N. The van der Waals surface area contributed by atoms with Crippen LogP contribution in [0.3, 0.4) is 0 Å². The summed E-state index contributed by atoms with van der Waals surface area (Å²) in [5.41, 5.74) is 3.39. The summed E-state index contributed by atoms with van der Waals surface area (Å²) in [6.07, 6.45) is 3.16. The van der Waals surface area contributed by atoms with E-state index in [2.05, 4.69) is 16.3 Å². The molecule has 1 aliphatic carbocycles. The normalized spacial score (nSPS) is 21.5. The van der Waals surface area contributed by atoms with Crippen molar-refractivity contribution in [1.82, 2.24) is 10.2 Å². The molecule has 1 N–H and O–H groups in total. The highest BCUT2D eigenvalue weighted by molar-refractivity contribution is 5.32. The lowest BCUT2D eigenvalue weighted by Gasteiger charge is -2.14. The summed E-state index contributed by atoms with van der Waals surface area (Å²) in [7, 11) is 0. The van der Waals surface area contributed by atoms with E-state index in [1.807, 2.05) is 6.92 Å². The molecule has 0 saturated heterocycles. The van der Waals surface area contributed by atoms with Crippen molar-refractivity contribution in [1.29, 1.82) is 5.26 Å². The van der Waals surface area contributed by atoms with Crippen LogP contribution in [-0.4, -0.2) is 10.2 Å². The molecule has 2 rings (SSSR count). The predicted molar refractivity (Wildman–Crippen MR) is 44.6 cm³/mol. The van der Waals surface area contributed by atoms with Crippen molar-refractivity contribution in [2.24, 2.45) is 0 Å². The lowest BCUT2D eigenvalue weighted by molar-refractivity contribution is 0.624. The van der Waals surface area contributed by atoms with Gasteiger partial charge in [-0.05, 0) is 31.7 Å². The average Bonchev–Trinajstić information content (AvgIpc) is 2.48. The number of rotatable bonds is 0. The third kappa shape index (κ3) is 0.918. The smallest absolute Gasteiger partial charge is 0.0906 e. The van der Waals surface area contributed by atoms with Gasteiger partial charge in [-0.3, -0.25) is 5.10 Å². The van der Waals surface area contributed by atoms with Gasteiger partial charge >= 0.3 is 0 Å². The van der Waals surface area contributed by atoms with E-state index in [4.69, 9.17) is 5.26 Å². The first-order chi connectivity index (χ1) is 5.83. The number of aromatic amines is 1. The van der Waals surface area contributed by atoms with E-state index < -0.39 is 0 Å². The van der Waals surface area contributed by atoms with Gasteiger partial charge in [-0.2, -0.15) is 10.4 Å². The highest BCUT2D eigenvalue weighted by Gasteiger charge is 2.23. The van der Waals surface area contributed by atoms with E-state index in [-0.39, 0.29) is 5.92 Å². The van der Waals surface area contributed by atoms with Crippen LogP contribution in [-0.2, 0) is 6.42 Å². The van der Waals surface area contributed by atoms with Crippen LogP contribution in [0, 0.1) is 18.3 Å². The molecule has 1 aromatic heterocycles. The quantitative estimate of drug-likeness (QED) is 0.629. The molecule has 62 valence electrons. The predicted octanol–water partition coefficient (Wildman–Crippen LogP) is 1.66. The maximum Gasteiger partial charge on any atom is 0.0906 e.